The van der Waals surface area contributed by atoms with E-state index in [1.54, 1.807) is 22.6 Å². The lowest BCUT2D eigenvalue weighted by Gasteiger charge is -2.12. The van der Waals surface area contributed by atoms with Crippen LogP contribution in [0.5, 0.6) is 0 Å². The normalized spacial score (nSPS) is 11.9. The molecule has 1 rings (SSSR count). The summed E-state index contributed by atoms with van der Waals surface area (Å²) in [5, 5.41) is 0.529. The number of hydrogen-bond acceptors (Lipinski definition) is 0. The van der Waals surface area contributed by atoms with Crippen molar-refractivity contribution in [3.63, 3.8) is 0 Å². The molecule has 0 unspecified atom stereocenters. The lowest BCUT2D eigenvalue weighted by molar-refractivity contribution is -0.138. The highest BCUT2D eigenvalue weighted by molar-refractivity contribution is 14.1. The summed E-state index contributed by atoms with van der Waals surface area (Å²) in [4.78, 5) is 0. The Labute approximate surface area is 110 Å². The van der Waals surface area contributed by atoms with Crippen molar-refractivity contribution >= 4 is 54.5 Å². The van der Waals surface area contributed by atoms with E-state index >= 15 is 0 Å². The third-order valence-corrected chi connectivity index (χ3v) is 4.98. The number of halogens is 6. The van der Waals surface area contributed by atoms with E-state index in [1.165, 1.54) is 6.07 Å². The van der Waals surface area contributed by atoms with Crippen LogP contribution in [0.3, 0.4) is 0 Å². The molecule has 0 spiro atoms. The molecule has 0 bridgehead atoms. The third-order valence-electron chi connectivity index (χ3n) is 1.61. The SMILES string of the molecule is FC(F)(F)c1ccc(CBr)c(Br)c1I. The van der Waals surface area contributed by atoms with Crippen molar-refractivity contribution in [3.8, 4) is 0 Å². The van der Waals surface area contributed by atoms with Crippen molar-refractivity contribution in [3.05, 3.63) is 31.3 Å². The van der Waals surface area contributed by atoms with Crippen molar-refractivity contribution in [2.45, 2.75) is 11.5 Å². The fourth-order valence-electron chi connectivity index (χ4n) is 0.912. The summed E-state index contributed by atoms with van der Waals surface area (Å²) < 4.78 is 38.0. The second-order valence-electron chi connectivity index (χ2n) is 2.53. The fourth-order valence-corrected chi connectivity index (χ4v) is 3.07. The molecule has 78 valence electrons. The minimum atomic E-state index is -4.29. The Morgan fingerprint density at radius 2 is 1.86 bits per heavy atom. The van der Waals surface area contributed by atoms with E-state index in [2.05, 4.69) is 31.9 Å². The van der Waals surface area contributed by atoms with Gasteiger partial charge in [-0.05, 0) is 50.2 Å². The van der Waals surface area contributed by atoms with Crippen LogP contribution in [0.1, 0.15) is 11.1 Å². The van der Waals surface area contributed by atoms with E-state index in [0.717, 1.165) is 11.6 Å². The van der Waals surface area contributed by atoms with E-state index in [1.807, 2.05) is 0 Å². The van der Waals surface area contributed by atoms with Crippen molar-refractivity contribution in [1.29, 1.82) is 0 Å². The maximum absolute atomic E-state index is 12.4. The van der Waals surface area contributed by atoms with E-state index < -0.39 is 11.7 Å². The van der Waals surface area contributed by atoms with Gasteiger partial charge in [-0.3, -0.25) is 0 Å². The molecular formula is C8H4Br2F3I. The first-order chi connectivity index (χ1) is 6.38. The smallest absolute Gasteiger partial charge is 0.166 e. The van der Waals surface area contributed by atoms with Gasteiger partial charge in [0.2, 0.25) is 0 Å². The lowest BCUT2D eigenvalue weighted by Crippen LogP contribution is -2.08. The molecule has 0 aliphatic rings. The molecule has 1 aromatic rings. The topological polar surface area (TPSA) is 0 Å². The molecule has 0 saturated carbocycles. The number of benzene rings is 1. The van der Waals surface area contributed by atoms with E-state index in [4.69, 9.17) is 0 Å². The maximum Gasteiger partial charge on any atom is 0.417 e. The van der Waals surface area contributed by atoms with Crippen molar-refractivity contribution < 1.29 is 13.2 Å². The summed E-state index contributed by atoms with van der Waals surface area (Å²) in [6.45, 7) is 0. The van der Waals surface area contributed by atoms with Gasteiger partial charge in [-0.15, -0.1) is 0 Å². The van der Waals surface area contributed by atoms with Crippen LogP contribution in [-0.4, -0.2) is 0 Å². The molecule has 0 atom stereocenters. The Bertz CT molecular complexity index is 349. The molecule has 0 nitrogen and oxygen atoms in total. The average molecular weight is 444 g/mol. The van der Waals surface area contributed by atoms with Gasteiger partial charge in [-0.25, -0.2) is 0 Å². The first kappa shape index (κ1) is 12.8. The molecule has 14 heavy (non-hydrogen) atoms. The average Bonchev–Trinajstić information content (AvgIpc) is 2.07. The van der Waals surface area contributed by atoms with E-state index in [0.29, 0.717) is 9.80 Å². The monoisotopic (exact) mass is 442 g/mol. The summed E-state index contributed by atoms with van der Waals surface area (Å²) in [7, 11) is 0. The lowest BCUT2D eigenvalue weighted by atomic mass is 10.1. The van der Waals surface area contributed by atoms with Gasteiger partial charge in [0.1, 0.15) is 0 Å². The molecule has 0 aromatic heterocycles. The third kappa shape index (κ3) is 2.63. The molecular weight excluding hydrogens is 440 g/mol. The summed E-state index contributed by atoms with van der Waals surface area (Å²) in [5.41, 5.74) is 0.206. The Kier molecular flexibility index (Phi) is 4.28. The molecule has 0 radical (unpaired) electrons. The summed E-state index contributed by atoms with van der Waals surface area (Å²) in [6, 6.07) is 2.56. The standard InChI is InChI=1S/C8H4Br2F3I/c9-3-4-1-2-5(8(11,12)13)7(14)6(4)10/h1-2H,3H2. The minimum absolute atomic E-state index is 0.201. The summed E-state index contributed by atoms with van der Waals surface area (Å²) >= 11 is 8.04. The molecule has 1 aromatic carbocycles. The maximum atomic E-state index is 12.4. The van der Waals surface area contributed by atoms with Gasteiger partial charge in [0.15, 0.2) is 0 Å². The van der Waals surface area contributed by atoms with Crippen molar-refractivity contribution in [2.75, 3.05) is 0 Å². The highest BCUT2D eigenvalue weighted by atomic mass is 127. The van der Waals surface area contributed by atoms with Crippen LogP contribution in [0.4, 0.5) is 13.2 Å². The van der Waals surface area contributed by atoms with Gasteiger partial charge in [-0.2, -0.15) is 13.2 Å². The van der Waals surface area contributed by atoms with Gasteiger partial charge >= 0.3 is 6.18 Å². The van der Waals surface area contributed by atoms with Crippen LogP contribution < -0.4 is 0 Å². The minimum Gasteiger partial charge on any atom is -0.166 e. The van der Waals surface area contributed by atoms with Crippen LogP contribution in [0, 0.1) is 3.57 Å². The van der Waals surface area contributed by atoms with Gasteiger partial charge in [-0.1, -0.05) is 22.0 Å². The first-order valence-corrected chi connectivity index (χ1v) is 6.47. The summed E-state index contributed by atoms with van der Waals surface area (Å²) in [6.07, 6.45) is -4.29. The highest BCUT2D eigenvalue weighted by Crippen LogP contribution is 2.37. The fraction of sp³-hybridized carbons (Fsp3) is 0.250. The number of alkyl halides is 4. The number of hydrogen-bond donors (Lipinski definition) is 0. The molecule has 0 aliphatic carbocycles. The molecule has 0 N–H and O–H groups in total. The zero-order valence-electron chi connectivity index (χ0n) is 6.63. The highest BCUT2D eigenvalue weighted by Gasteiger charge is 2.33. The van der Waals surface area contributed by atoms with Crippen LogP contribution >= 0.6 is 54.5 Å². The quantitative estimate of drug-likeness (QED) is 0.425. The summed E-state index contributed by atoms with van der Waals surface area (Å²) in [5.74, 6) is 0. The van der Waals surface area contributed by atoms with E-state index in [9.17, 15) is 13.2 Å². The van der Waals surface area contributed by atoms with Gasteiger partial charge in [0.25, 0.3) is 0 Å². The van der Waals surface area contributed by atoms with Crippen molar-refractivity contribution in [2.24, 2.45) is 0 Å². The zero-order valence-corrected chi connectivity index (χ0v) is 12.0. The Balaban J connectivity index is 3.31. The van der Waals surface area contributed by atoms with Gasteiger partial charge in [0, 0.05) is 13.4 Å². The van der Waals surface area contributed by atoms with Crippen molar-refractivity contribution in [1.82, 2.24) is 0 Å². The zero-order chi connectivity index (χ0) is 10.9. The molecule has 0 heterocycles. The van der Waals surface area contributed by atoms with E-state index in [-0.39, 0.29) is 3.57 Å². The molecule has 6 heteroatoms. The van der Waals surface area contributed by atoms with Crippen LogP contribution in [0.25, 0.3) is 0 Å². The molecule has 0 aliphatic heterocycles. The largest absolute Gasteiger partial charge is 0.417 e. The Morgan fingerprint density at radius 3 is 2.29 bits per heavy atom. The molecule has 0 saturated heterocycles. The van der Waals surface area contributed by atoms with Gasteiger partial charge < -0.3 is 0 Å². The Hall–Kier alpha value is 0.700. The second kappa shape index (κ2) is 4.69. The van der Waals surface area contributed by atoms with Crippen LogP contribution in [0.15, 0.2) is 16.6 Å². The predicted octanol–water partition coefficient (Wildman–Crippen LogP) is 4.97. The molecule has 0 amide bonds. The van der Waals surface area contributed by atoms with Gasteiger partial charge in [0.05, 0.1) is 5.56 Å². The van der Waals surface area contributed by atoms with Crippen LogP contribution in [0.2, 0.25) is 0 Å². The number of rotatable bonds is 1. The van der Waals surface area contributed by atoms with Crippen LogP contribution in [-0.2, 0) is 11.5 Å². The molecule has 0 fully saturated rings. The second-order valence-corrected chi connectivity index (χ2v) is 4.96. The first-order valence-electron chi connectivity index (χ1n) is 3.48. The predicted molar refractivity (Wildman–Crippen MR) is 64.5 cm³/mol. The Morgan fingerprint density at radius 1 is 1.29 bits per heavy atom.